The molecule has 0 N–H and O–H groups in total. The SMILES string of the molecule is C=C1C(=O)O[C@@H]2/C=C(/C=O)CC[C@H]3O[C@@]3(COC(C)=O)C[C@H](OC(C)=O)[C@@H]12. The van der Waals surface area contributed by atoms with Gasteiger partial charge in [-0.25, -0.2) is 4.79 Å². The first kappa shape index (κ1) is 19.3. The molecule has 0 saturated carbocycles. The van der Waals surface area contributed by atoms with E-state index in [1.54, 1.807) is 6.08 Å². The van der Waals surface area contributed by atoms with Gasteiger partial charge >= 0.3 is 17.9 Å². The number of fused-ring (bicyclic) bond motifs is 2. The molecule has 3 rings (SSSR count). The number of hydrogen-bond acceptors (Lipinski definition) is 8. The Hall–Kier alpha value is -2.48. The average Bonchev–Trinajstić information content (AvgIpc) is 3.20. The van der Waals surface area contributed by atoms with Crippen LogP contribution in [0.25, 0.3) is 0 Å². The smallest absolute Gasteiger partial charge is 0.334 e. The Kier molecular flexibility index (Phi) is 5.19. The van der Waals surface area contributed by atoms with E-state index in [0.717, 1.165) is 0 Å². The van der Waals surface area contributed by atoms with Crippen molar-refractivity contribution >= 4 is 24.2 Å². The lowest BCUT2D eigenvalue weighted by atomic mass is 9.82. The van der Waals surface area contributed by atoms with E-state index in [-0.39, 0.29) is 24.7 Å². The van der Waals surface area contributed by atoms with Crippen LogP contribution in [0.1, 0.15) is 33.1 Å². The number of rotatable bonds is 4. The minimum atomic E-state index is -0.826. The van der Waals surface area contributed by atoms with Crippen molar-refractivity contribution in [2.75, 3.05) is 6.61 Å². The largest absolute Gasteiger partial charge is 0.463 e. The molecule has 0 bridgehead atoms. The fourth-order valence-corrected chi connectivity index (χ4v) is 3.83. The van der Waals surface area contributed by atoms with Crippen LogP contribution < -0.4 is 0 Å². The normalized spacial score (nSPS) is 37.0. The van der Waals surface area contributed by atoms with E-state index in [0.29, 0.717) is 24.7 Å². The molecule has 0 radical (unpaired) electrons. The van der Waals surface area contributed by atoms with Crippen molar-refractivity contribution in [3.8, 4) is 0 Å². The minimum Gasteiger partial charge on any atom is -0.463 e. The second kappa shape index (κ2) is 7.26. The molecule has 1 aliphatic carbocycles. The van der Waals surface area contributed by atoms with Gasteiger partial charge in [-0.1, -0.05) is 6.58 Å². The summed E-state index contributed by atoms with van der Waals surface area (Å²) in [6.07, 6.45) is 1.72. The van der Waals surface area contributed by atoms with Crippen LogP contribution in [-0.2, 0) is 38.1 Å². The van der Waals surface area contributed by atoms with Crippen molar-refractivity contribution < 1.29 is 38.1 Å². The zero-order valence-corrected chi connectivity index (χ0v) is 15.3. The third kappa shape index (κ3) is 3.95. The molecule has 8 nitrogen and oxygen atoms in total. The van der Waals surface area contributed by atoms with Gasteiger partial charge in [0.25, 0.3) is 0 Å². The first-order valence-electron chi connectivity index (χ1n) is 8.80. The Labute approximate surface area is 156 Å². The van der Waals surface area contributed by atoms with Crippen molar-refractivity contribution in [3.63, 3.8) is 0 Å². The minimum absolute atomic E-state index is 0.00354. The Morgan fingerprint density at radius 3 is 2.74 bits per heavy atom. The second-order valence-corrected chi connectivity index (χ2v) is 7.12. The summed E-state index contributed by atoms with van der Waals surface area (Å²) < 4.78 is 21.8. The summed E-state index contributed by atoms with van der Waals surface area (Å²) >= 11 is 0. The number of hydrogen-bond donors (Lipinski definition) is 0. The Morgan fingerprint density at radius 1 is 1.37 bits per heavy atom. The van der Waals surface area contributed by atoms with E-state index in [9.17, 15) is 19.2 Å². The van der Waals surface area contributed by atoms with E-state index >= 15 is 0 Å². The molecule has 0 aromatic rings. The van der Waals surface area contributed by atoms with Crippen molar-refractivity contribution in [2.45, 2.75) is 57.0 Å². The van der Waals surface area contributed by atoms with Gasteiger partial charge in [0.2, 0.25) is 0 Å². The summed E-state index contributed by atoms with van der Waals surface area (Å²) in [7, 11) is 0. The number of ether oxygens (including phenoxy) is 4. The van der Waals surface area contributed by atoms with Gasteiger partial charge in [-0.3, -0.25) is 14.4 Å². The maximum absolute atomic E-state index is 12.1. The van der Waals surface area contributed by atoms with Gasteiger partial charge in [0.1, 0.15) is 30.7 Å². The molecule has 2 saturated heterocycles. The van der Waals surface area contributed by atoms with Crippen LogP contribution in [0, 0.1) is 5.92 Å². The molecule has 2 aliphatic heterocycles. The molecule has 0 aromatic heterocycles. The van der Waals surface area contributed by atoms with Crippen molar-refractivity contribution in [2.24, 2.45) is 5.92 Å². The number of esters is 3. The topological polar surface area (TPSA) is 109 Å². The number of carbonyl (C=O) groups is 4. The Morgan fingerprint density at radius 2 is 2.11 bits per heavy atom. The van der Waals surface area contributed by atoms with Crippen LogP contribution in [0.3, 0.4) is 0 Å². The highest BCUT2D eigenvalue weighted by atomic mass is 16.6. The third-order valence-electron chi connectivity index (χ3n) is 5.18. The molecule has 2 fully saturated rings. The summed E-state index contributed by atoms with van der Waals surface area (Å²) in [6.45, 7) is 6.35. The summed E-state index contributed by atoms with van der Waals surface area (Å²) in [5, 5.41) is 0. The first-order chi connectivity index (χ1) is 12.8. The van der Waals surface area contributed by atoms with Crippen LogP contribution in [0.15, 0.2) is 23.8 Å². The first-order valence-corrected chi connectivity index (χ1v) is 8.80. The molecule has 27 heavy (non-hydrogen) atoms. The predicted octanol–water partition coefficient (Wildman–Crippen LogP) is 1.03. The van der Waals surface area contributed by atoms with E-state index in [4.69, 9.17) is 18.9 Å². The van der Waals surface area contributed by atoms with Gasteiger partial charge < -0.3 is 18.9 Å². The predicted molar refractivity (Wildman–Crippen MR) is 90.3 cm³/mol. The molecule has 3 aliphatic rings. The van der Waals surface area contributed by atoms with E-state index in [1.165, 1.54) is 13.8 Å². The van der Waals surface area contributed by atoms with Crippen LogP contribution in [-0.4, -0.2) is 54.7 Å². The zero-order chi connectivity index (χ0) is 19.8. The molecule has 5 atom stereocenters. The van der Waals surface area contributed by atoms with Gasteiger partial charge in [0.15, 0.2) is 0 Å². The molecule has 0 spiro atoms. The Bertz CT molecular complexity index is 723. The van der Waals surface area contributed by atoms with Crippen LogP contribution in [0.2, 0.25) is 0 Å². The number of aldehydes is 1. The molecular weight excluding hydrogens is 356 g/mol. The highest BCUT2D eigenvalue weighted by Gasteiger charge is 2.60. The molecular formula is C19H22O8. The summed E-state index contributed by atoms with van der Waals surface area (Å²) in [5.74, 6) is -2.21. The summed E-state index contributed by atoms with van der Waals surface area (Å²) in [5.41, 5.74) is -0.186. The molecule has 146 valence electrons. The molecule has 0 aromatic carbocycles. The van der Waals surface area contributed by atoms with E-state index < -0.39 is 41.6 Å². The highest BCUT2D eigenvalue weighted by molar-refractivity contribution is 5.91. The summed E-state index contributed by atoms with van der Waals surface area (Å²) in [6, 6.07) is 0. The average molecular weight is 378 g/mol. The highest BCUT2D eigenvalue weighted by Crippen LogP contribution is 2.48. The molecule has 8 heteroatoms. The number of allylic oxidation sites excluding steroid dienone is 1. The van der Waals surface area contributed by atoms with Gasteiger partial charge in [0, 0.05) is 25.8 Å². The maximum atomic E-state index is 12.1. The van der Waals surface area contributed by atoms with Crippen molar-refractivity contribution in [1.82, 2.24) is 0 Å². The standard InChI is InChI=1S/C19H22O8/c1-10-17-14(26-18(10)23)6-13(8-20)4-5-16-19(27-16,9-24-11(2)21)7-15(17)25-12(3)22/h6,8,14-17H,1,4-5,7,9H2,2-3H3/b13-6+/t14-,15+,16-,17+,19-/m1/s1. The number of epoxide rings is 1. The lowest BCUT2D eigenvalue weighted by Gasteiger charge is -2.28. The van der Waals surface area contributed by atoms with Gasteiger partial charge in [0.05, 0.1) is 12.0 Å². The molecule has 2 heterocycles. The van der Waals surface area contributed by atoms with Crippen molar-refractivity contribution in [1.29, 1.82) is 0 Å². The van der Waals surface area contributed by atoms with Crippen molar-refractivity contribution in [3.05, 3.63) is 23.8 Å². The molecule has 0 amide bonds. The lowest BCUT2D eigenvalue weighted by Crippen LogP contribution is -2.39. The zero-order valence-electron chi connectivity index (χ0n) is 15.3. The fraction of sp³-hybridized carbons (Fsp3) is 0.579. The van der Waals surface area contributed by atoms with E-state index in [1.807, 2.05) is 0 Å². The third-order valence-corrected chi connectivity index (χ3v) is 5.18. The lowest BCUT2D eigenvalue weighted by molar-refractivity contribution is -0.153. The summed E-state index contributed by atoms with van der Waals surface area (Å²) in [4.78, 5) is 46.4. The second-order valence-electron chi connectivity index (χ2n) is 7.12. The molecule has 0 unspecified atom stereocenters. The number of carbonyl (C=O) groups excluding carboxylic acids is 4. The Balaban J connectivity index is 1.96. The van der Waals surface area contributed by atoms with Gasteiger partial charge in [-0.2, -0.15) is 0 Å². The van der Waals surface area contributed by atoms with Crippen LogP contribution >= 0.6 is 0 Å². The van der Waals surface area contributed by atoms with Gasteiger partial charge in [-0.05, 0) is 24.5 Å². The van der Waals surface area contributed by atoms with Crippen LogP contribution in [0.4, 0.5) is 0 Å². The fourth-order valence-electron chi connectivity index (χ4n) is 3.83. The van der Waals surface area contributed by atoms with E-state index in [2.05, 4.69) is 6.58 Å². The quantitative estimate of drug-likeness (QED) is 0.235. The van der Waals surface area contributed by atoms with Crippen LogP contribution in [0.5, 0.6) is 0 Å². The monoisotopic (exact) mass is 378 g/mol. The maximum Gasteiger partial charge on any atom is 0.334 e. The van der Waals surface area contributed by atoms with Gasteiger partial charge in [-0.15, -0.1) is 0 Å².